The lowest BCUT2D eigenvalue weighted by atomic mass is 10.1. The van der Waals surface area contributed by atoms with E-state index >= 15 is 0 Å². The van der Waals surface area contributed by atoms with E-state index in [9.17, 15) is 0 Å². The average molecular weight is 259 g/mol. The number of aromatic nitrogens is 6. The number of rotatable bonds is 3. The number of aromatic amines is 1. The van der Waals surface area contributed by atoms with Crippen molar-refractivity contribution in [1.29, 1.82) is 0 Å². The molecule has 3 aromatic heterocycles. The second-order valence-electron chi connectivity index (χ2n) is 5.58. The van der Waals surface area contributed by atoms with Crippen molar-refractivity contribution in [2.45, 2.75) is 32.7 Å². The average Bonchev–Trinajstić information content (AvgIpc) is 2.92. The van der Waals surface area contributed by atoms with Gasteiger partial charge in [0.05, 0.1) is 6.33 Å². The Hall–Kier alpha value is -2.02. The fraction of sp³-hybridized carbons (Fsp3) is 0.500. The zero-order valence-electron chi connectivity index (χ0n) is 11.3. The Morgan fingerprint density at radius 1 is 1.26 bits per heavy atom. The van der Waals surface area contributed by atoms with Gasteiger partial charge in [-0.25, -0.2) is 9.97 Å². The maximum atomic E-state index is 4.28. The van der Waals surface area contributed by atoms with E-state index in [4.69, 9.17) is 0 Å². The summed E-state index contributed by atoms with van der Waals surface area (Å²) in [4.78, 5) is 11.4. The fourth-order valence-electron chi connectivity index (χ4n) is 2.00. The predicted molar refractivity (Wildman–Crippen MR) is 71.9 cm³/mol. The molecule has 0 radical (unpaired) electrons. The molecule has 0 aliphatic carbocycles. The first kappa shape index (κ1) is 12.0. The Morgan fingerprint density at radius 2 is 2.11 bits per heavy atom. The molecule has 0 spiro atoms. The molecule has 3 rings (SSSR count). The topological polar surface area (TPSA) is 83.8 Å². The second kappa shape index (κ2) is 4.27. The smallest absolute Gasteiger partial charge is 0.189 e. The normalized spacial score (nSPS) is 12.6. The molecule has 0 saturated heterocycles. The molecule has 100 valence electrons. The first-order valence-corrected chi connectivity index (χ1v) is 6.31. The third-order valence-electron chi connectivity index (χ3n) is 2.91. The third-order valence-corrected chi connectivity index (χ3v) is 2.91. The van der Waals surface area contributed by atoms with Crippen LogP contribution in [0.3, 0.4) is 0 Å². The fourth-order valence-corrected chi connectivity index (χ4v) is 2.00. The van der Waals surface area contributed by atoms with Gasteiger partial charge in [0.1, 0.15) is 17.7 Å². The molecule has 0 fully saturated rings. The lowest BCUT2D eigenvalue weighted by Gasteiger charge is -2.19. The van der Waals surface area contributed by atoms with Crippen LogP contribution in [0, 0.1) is 0 Å². The molecule has 0 bridgehead atoms. The molecule has 0 atom stereocenters. The number of hydrogen-bond donors (Lipinski definition) is 2. The number of nitrogens with zero attached hydrogens (tertiary/aromatic N) is 5. The summed E-state index contributed by atoms with van der Waals surface area (Å²) >= 11 is 0. The summed E-state index contributed by atoms with van der Waals surface area (Å²) in [6.07, 6.45) is 4.15. The molecule has 0 aromatic carbocycles. The molecular formula is C12H17N7. The van der Waals surface area contributed by atoms with Crippen LogP contribution in [-0.2, 0) is 6.42 Å². The van der Waals surface area contributed by atoms with Crippen LogP contribution in [0.25, 0.3) is 16.8 Å². The number of fused-ring (bicyclic) bond motifs is 3. The van der Waals surface area contributed by atoms with E-state index in [0.717, 1.165) is 30.0 Å². The highest BCUT2D eigenvalue weighted by Crippen LogP contribution is 2.13. The standard InChI is InChI=1S/C12H17N7/c1-12(2,3)16-5-4-8-17-18-11-9-10(14-6-13-9)15-7-19(8)11/h6-7,16H,4-5H2,1-3H3,(H,13,14). The van der Waals surface area contributed by atoms with Crippen molar-refractivity contribution in [3.63, 3.8) is 0 Å². The Balaban J connectivity index is 1.88. The molecular weight excluding hydrogens is 242 g/mol. The predicted octanol–water partition coefficient (Wildman–Crippen LogP) is 0.931. The number of hydrogen-bond acceptors (Lipinski definition) is 5. The van der Waals surface area contributed by atoms with E-state index in [-0.39, 0.29) is 5.54 Å². The third kappa shape index (κ3) is 2.28. The van der Waals surface area contributed by atoms with E-state index in [1.165, 1.54) is 0 Å². The molecule has 0 saturated carbocycles. The quantitative estimate of drug-likeness (QED) is 0.731. The van der Waals surface area contributed by atoms with Crippen LogP contribution in [0.5, 0.6) is 0 Å². The number of nitrogens with one attached hydrogen (secondary N) is 2. The minimum atomic E-state index is 0.107. The Kier molecular flexibility index (Phi) is 2.70. The molecule has 2 N–H and O–H groups in total. The number of imidazole rings is 1. The summed E-state index contributed by atoms with van der Waals surface area (Å²) in [6.45, 7) is 7.28. The lowest BCUT2D eigenvalue weighted by Crippen LogP contribution is -2.37. The Morgan fingerprint density at radius 3 is 2.89 bits per heavy atom. The van der Waals surface area contributed by atoms with Crippen LogP contribution in [0.4, 0.5) is 0 Å². The van der Waals surface area contributed by atoms with Gasteiger partial charge in [-0.05, 0) is 20.8 Å². The zero-order valence-corrected chi connectivity index (χ0v) is 11.3. The maximum absolute atomic E-state index is 4.28. The van der Waals surface area contributed by atoms with Gasteiger partial charge < -0.3 is 10.3 Å². The molecule has 19 heavy (non-hydrogen) atoms. The molecule has 7 heteroatoms. The molecule has 0 unspecified atom stereocenters. The highest BCUT2D eigenvalue weighted by atomic mass is 15.3. The minimum absolute atomic E-state index is 0.107. The molecule has 3 aromatic rings. The zero-order chi connectivity index (χ0) is 13.5. The number of H-pyrrole nitrogens is 1. The summed E-state index contributed by atoms with van der Waals surface area (Å²) in [5.41, 5.74) is 2.37. The monoisotopic (exact) mass is 259 g/mol. The highest BCUT2D eigenvalue weighted by molar-refractivity contribution is 5.84. The molecule has 7 nitrogen and oxygen atoms in total. The van der Waals surface area contributed by atoms with Crippen LogP contribution < -0.4 is 5.32 Å². The Labute approximate surface area is 110 Å². The Bertz CT molecular complexity index is 704. The largest absolute Gasteiger partial charge is 0.340 e. The SMILES string of the molecule is CC(C)(C)NCCc1nnc2c3[nH]cnc3ncn12. The molecule has 0 amide bonds. The van der Waals surface area contributed by atoms with E-state index < -0.39 is 0 Å². The van der Waals surface area contributed by atoms with Crippen LogP contribution in [0.15, 0.2) is 12.7 Å². The van der Waals surface area contributed by atoms with Gasteiger partial charge in [-0.3, -0.25) is 4.40 Å². The summed E-state index contributed by atoms with van der Waals surface area (Å²) < 4.78 is 1.91. The van der Waals surface area contributed by atoms with Crippen LogP contribution >= 0.6 is 0 Å². The van der Waals surface area contributed by atoms with Crippen LogP contribution in [-0.4, -0.2) is 41.6 Å². The first-order chi connectivity index (χ1) is 9.04. The molecule has 0 aliphatic heterocycles. The minimum Gasteiger partial charge on any atom is -0.340 e. The van der Waals surface area contributed by atoms with Crippen LogP contribution in [0.1, 0.15) is 26.6 Å². The van der Waals surface area contributed by atoms with E-state index in [2.05, 4.69) is 51.2 Å². The van der Waals surface area contributed by atoms with Crippen LogP contribution in [0.2, 0.25) is 0 Å². The molecule has 0 aliphatic rings. The van der Waals surface area contributed by atoms with Gasteiger partial charge >= 0.3 is 0 Å². The van der Waals surface area contributed by atoms with E-state index in [0.29, 0.717) is 5.65 Å². The van der Waals surface area contributed by atoms with E-state index in [1.54, 1.807) is 12.7 Å². The van der Waals surface area contributed by atoms with E-state index in [1.807, 2.05) is 4.40 Å². The summed E-state index contributed by atoms with van der Waals surface area (Å²) in [5, 5.41) is 11.9. The van der Waals surface area contributed by atoms with Crippen molar-refractivity contribution < 1.29 is 0 Å². The van der Waals surface area contributed by atoms with Gasteiger partial charge in [0.15, 0.2) is 11.3 Å². The van der Waals surface area contributed by atoms with Crippen molar-refractivity contribution in [2.24, 2.45) is 0 Å². The van der Waals surface area contributed by atoms with Crippen molar-refractivity contribution in [1.82, 2.24) is 34.9 Å². The highest BCUT2D eigenvalue weighted by Gasteiger charge is 2.12. The first-order valence-electron chi connectivity index (χ1n) is 6.31. The van der Waals surface area contributed by atoms with Gasteiger partial charge in [-0.1, -0.05) is 0 Å². The van der Waals surface area contributed by atoms with Crippen molar-refractivity contribution >= 4 is 16.8 Å². The molecule has 3 heterocycles. The summed E-state index contributed by atoms with van der Waals surface area (Å²) in [5.74, 6) is 0.899. The van der Waals surface area contributed by atoms with Gasteiger partial charge in [-0.15, -0.1) is 10.2 Å². The van der Waals surface area contributed by atoms with Crippen molar-refractivity contribution in [2.75, 3.05) is 6.54 Å². The maximum Gasteiger partial charge on any atom is 0.189 e. The second-order valence-corrected chi connectivity index (χ2v) is 5.58. The van der Waals surface area contributed by atoms with Crippen molar-refractivity contribution in [3.05, 3.63) is 18.5 Å². The summed E-state index contributed by atoms with van der Waals surface area (Å²) in [6, 6.07) is 0. The summed E-state index contributed by atoms with van der Waals surface area (Å²) in [7, 11) is 0. The van der Waals surface area contributed by atoms with Crippen molar-refractivity contribution in [3.8, 4) is 0 Å². The lowest BCUT2D eigenvalue weighted by molar-refractivity contribution is 0.427. The van der Waals surface area contributed by atoms with Gasteiger partial charge in [0.25, 0.3) is 0 Å². The van der Waals surface area contributed by atoms with Gasteiger partial charge in [0, 0.05) is 18.5 Å². The van der Waals surface area contributed by atoms with Gasteiger partial charge in [0.2, 0.25) is 0 Å². The van der Waals surface area contributed by atoms with Gasteiger partial charge in [-0.2, -0.15) is 0 Å².